The summed E-state index contributed by atoms with van der Waals surface area (Å²) in [5, 5.41) is 12.8. The van der Waals surface area contributed by atoms with Gasteiger partial charge in [0.15, 0.2) is 11.5 Å². The van der Waals surface area contributed by atoms with E-state index in [4.69, 9.17) is 4.74 Å². The van der Waals surface area contributed by atoms with Gasteiger partial charge in [-0.25, -0.2) is 0 Å². The molecule has 0 aliphatic heterocycles. The number of rotatable bonds is 4. The van der Waals surface area contributed by atoms with E-state index in [1.54, 1.807) is 13.2 Å². The van der Waals surface area contributed by atoms with Crippen LogP contribution in [-0.4, -0.2) is 25.8 Å². The summed E-state index contributed by atoms with van der Waals surface area (Å²) in [6, 6.07) is 1.79. The Morgan fingerprint density at radius 3 is 2.53 bits per heavy atom. The summed E-state index contributed by atoms with van der Waals surface area (Å²) in [6.45, 7) is 4.94. The molecule has 0 aliphatic rings. The lowest BCUT2D eigenvalue weighted by atomic mass is 9.99. The molecule has 1 aromatic rings. The van der Waals surface area contributed by atoms with E-state index >= 15 is 0 Å². The fraction of sp³-hybridized carbons (Fsp3) is 0.500. The second-order valence-corrected chi connectivity index (χ2v) is 3.69. The highest BCUT2D eigenvalue weighted by Crippen LogP contribution is 2.34. The van der Waals surface area contributed by atoms with Gasteiger partial charge < -0.3 is 15.2 Å². The maximum atomic E-state index is 9.75. The first-order chi connectivity index (χ1) is 7.11. The van der Waals surface area contributed by atoms with Gasteiger partial charge in [-0.2, -0.15) is 0 Å². The van der Waals surface area contributed by atoms with Crippen LogP contribution in [0.15, 0.2) is 6.07 Å². The first-order valence-corrected chi connectivity index (χ1v) is 5.12. The van der Waals surface area contributed by atoms with Crippen LogP contribution in [0.5, 0.6) is 11.5 Å². The van der Waals surface area contributed by atoms with Gasteiger partial charge in [0.1, 0.15) is 0 Å². The van der Waals surface area contributed by atoms with E-state index in [9.17, 15) is 5.11 Å². The zero-order valence-corrected chi connectivity index (χ0v) is 9.85. The maximum Gasteiger partial charge on any atom is 0.163 e. The molecule has 0 atom stereocenters. The Morgan fingerprint density at radius 1 is 1.33 bits per heavy atom. The number of likely N-dealkylation sites (N-methyl/N-ethyl adjacent to an activating group) is 1. The minimum Gasteiger partial charge on any atom is -0.504 e. The molecular formula is C12H19NO2. The molecule has 84 valence electrons. The van der Waals surface area contributed by atoms with Gasteiger partial charge in [-0.1, -0.05) is 0 Å². The third-order valence-electron chi connectivity index (χ3n) is 2.78. The Morgan fingerprint density at radius 2 is 2.00 bits per heavy atom. The number of aromatic hydroxyl groups is 1. The average molecular weight is 209 g/mol. The molecule has 0 saturated carbocycles. The van der Waals surface area contributed by atoms with E-state index in [1.165, 1.54) is 11.1 Å². The van der Waals surface area contributed by atoms with Crippen molar-refractivity contribution in [3.8, 4) is 11.5 Å². The minimum absolute atomic E-state index is 0.228. The molecule has 0 aromatic heterocycles. The van der Waals surface area contributed by atoms with Crippen LogP contribution in [-0.2, 0) is 6.42 Å². The Hall–Kier alpha value is -1.22. The van der Waals surface area contributed by atoms with Crippen molar-refractivity contribution in [2.75, 3.05) is 20.7 Å². The molecule has 0 fully saturated rings. The lowest BCUT2D eigenvalue weighted by molar-refractivity contribution is 0.370. The molecule has 3 heteroatoms. The van der Waals surface area contributed by atoms with Crippen molar-refractivity contribution in [3.05, 3.63) is 22.8 Å². The molecule has 0 bridgehead atoms. The van der Waals surface area contributed by atoms with Crippen LogP contribution in [0.25, 0.3) is 0 Å². The largest absolute Gasteiger partial charge is 0.504 e. The number of phenols is 1. The Labute approximate surface area is 91.1 Å². The summed E-state index contributed by atoms with van der Waals surface area (Å²) in [5.74, 6) is 0.812. The number of benzene rings is 1. The Kier molecular flexibility index (Phi) is 3.97. The average Bonchev–Trinajstić information content (AvgIpc) is 2.22. The number of hydrogen-bond donors (Lipinski definition) is 2. The molecule has 1 rings (SSSR count). The first-order valence-electron chi connectivity index (χ1n) is 5.12. The summed E-state index contributed by atoms with van der Waals surface area (Å²) >= 11 is 0. The van der Waals surface area contributed by atoms with Gasteiger partial charge in [0.05, 0.1) is 7.11 Å². The fourth-order valence-electron chi connectivity index (χ4n) is 1.72. The summed E-state index contributed by atoms with van der Waals surface area (Å²) in [7, 11) is 3.50. The second-order valence-electron chi connectivity index (χ2n) is 3.69. The fourth-order valence-corrected chi connectivity index (χ4v) is 1.72. The number of hydrogen-bond acceptors (Lipinski definition) is 3. The monoisotopic (exact) mass is 209 g/mol. The number of ether oxygens (including phenoxy) is 1. The number of phenolic OH excluding ortho intramolecular Hbond substituents is 1. The lowest BCUT2D eigenvalue weighted by Crippen LogP contribution is -2.11. The van der Waals surface area contributed by atoms with Crippen LogP contribution in [0.3, 0.4) is 0 Å². The molecule has 0 radical (unpaired) electrons. The smallest absolute Gasteiger partial charge is 0.163 e. The molecule has 15 heavy (non-hydrogen) atoms. The molecule has 1 aromatic carbocycles. The maximum absolute atomic E-state index is 9.75. The van der Waals surface area contributed by atoms with E-state index in [0.717, 1.165) is 18.5 Å². The summed E-state index contributed by atoms with van der Waals surface area (Å²) in [6.07, 6.45) is 0.917. The van der Waals surface area contributed by atoms with Gasteiger partial charge in [0.25, 0.3) is 0 Å². The van der Waals surface area contributed by atoms with Crippen LogP contribution in [0, 0.1) is 13.8 Å². The van der Waals surface area contributed by atoms with Crippen LogP contribution >= 0.6 is 0 Å². The van der Waals surface area contributed by atoms with E-state index in [2.05, 4.69) is 12.2 Å². The molecule has 0 amide bonds. The Bertz CT molecular complexity index is 348. The third kappa shape index (κ3) is 2.42. The summed E-state index contributed by atoms with van der Waals surface area (Å²) < 4.78 is 5.15. The highest BCUT2D eigenvalue weighted by molar-refractivity contribution is 5.52. The standard InChI is InChI=1S/C12H19NO2/c1-8-9(2)12(15-4)11(14)7-10(8)5-6-13-3/h7,13-14H,5-6H2,1-4H3. The van der Waals surface area contributed by atoms with Crippen molar-refractivity contribution in [1.82, 2.24) is 5.32 Å². The molecule has 0 unspecified atom stereocenters. The molecule has 3 nitrogen and oxygen atoms in total. The third-order valence-corrected chi connectivity index (χ3v) is 2.78. The van der Waals surface area contributed by atoms with Crippen molar-refractivity contribution in [3.63, 3.8) is 0 Å². The van der Waals surface area contributed by atoms with Gasteiger partial charge in [0, 0.05) is 0 Å². The van der Waals surface area contributed by atoms with Crippen molar-refractivity contribution in [2.24, 2.45) is 0 Å². The highest BCUT2D eigenvalue weighted by atomic mass is 16.5. The number of nitrogens with one attached hydrogen (secondary N) is 1. The molecular weight excluding hydrogens is 190 g/mol. The van der Waals surface area contributed by atoms with Crippen molar-refractivity contribution >= 4 is 0 Å². The van der Waals surface area contributed by atoms with Crippen LogP contribution < -0.4 is 10.1 Å². The summed E-state index contributed by atoms with van der Waals surface area (Å²) in [5.41, 5.74) is 3.38. The molecule has 0 spiro atoms. The summed E-state index contributed by atoms with van der Waals surface area (Å²) in [4.78, 5) is 0. The van der Waals surface area contributed by atoms with E-state index in [0.29, 0.717) is 5.75 Å². The van der Waals surface area contributed by atoms with Gasteiger partial charge >= 0.3 is 0 Å². The van der Waals surface area contributed by atoms with Crippen molar-refractivity contribution < 1.29 is 9.84 Å². The van der Waals surface area contributed by atoms with Crippen molar-refractivity contribution in [2.45, 2.75) is 20.3 Å². The predicted molar refractivity (Wildman–Crippen MR) is 61.8 cm³/mol. The van der Waals surface area contributed by atoms with Crippen LogP contribution in [0.4, 0.5) is 0 Å². The Balaban J connectivity index is 3.10. The lowest BCUT2D eigenvalue weighted by Gasteiger charge is -2.14. The van der Waals surface area contributed by atoms with Gasteiger partial charge in [-0.3, -0.25) is 0 Å². The zero-order valence-electron chi connectivity index (χ0n) is 9.85. The normalized spacial score (nSPS) is 10.4. The van der Waals surface area contributed by atoms with Crippen LogP contribution in [0.2, 0.25) is 0 Å². The van der Waals surface area contributed by atoms with Gasteiger partial charge in [-0.05, 0) is 56.6 Å². The quantitative estimate of drug-likeness (QED) is 0.794. The molecule has 0 heterocycles. The second kappa shape index (κ2) is 5.03. The van der Waals surface area contributed by atoms with E-state index in [-0.39, 0.29) is 5.75 Å². The molecule has 2 N–H and O–H groups in total. The van der Waals surface area contributed by atoms with Gasteiger partial charge in [0.2, 0.25) is 0 Å². The van der Waals surface area contributed by atoms with E-state index < -0.39 is 0 Å². The minimum atomic E-state index is 0.228. The SMILES string of the molecule is CNCCc1cc(O)c(OC)c(C)c1C. The first kappa shape index (κ1) is 11.9. The van der Waals surface area contributed by atoms with Crippen LogP contribution in [0.1, 0.15) is 16.7 Å². The van der Waals surface area contributed by atoms with E-state index in [1.807, 2.05) is 14.0 Å². The highest BCUT2D eigenvalue weighted by Gasteiger charge is 2.11. The molecule has 0 saturated heterocycles. The van der Waals surface area contributed by atoms with Gasteiger partial charge in [-0.15, -0.1) is 0 Å². The van der Waals surface area contributed by atoms with Crippen molar-refractivity contribution in [1.29, 1.82) is 0 Å². The topological polar surface area (TPSA) is 41.5 Å². The molecule has 0 aliphatic carbocycles. The zero-order chi connectivity index (χ0) is 11.4. The number of methoxy groups -OCH3 is 1. The predicted octanol–water partition coefficient (Wildman–Crippen LogP) is 1.78.